The van der Waals surface area contributed by atoms with E-state index < -0.39 is 36.6 Å². The molecule has 3 rings (SSSR count). The molecule has 0 aromatic rings. The van der Waals surface area contributed by atoms with Crippen LogP contribution in [0.4, 0.5) is 4.79 Å². The van der Waals surface area contributed by atoms with Gasteiger partial charge < -0.3 is 15.4 Å². The minimum atomic E-state index is -0.924. The maximum atomic E-state index is 12.5. The molecule has 0 aromatic heterocycles. The van der Waals surface area contributed by atoms with E-state index in [1.165, 1.54) is 19.3 Å². The van der Waals surface area contributed by atoms with Crippen molar-refractivity contribution in [1.29, 1.82) is 0 Å². The Morgan fingerprint density at radius 2 is 1.74 bits per heavy atom. The molecule has 2 N–H and O–H groups in total. The zero-order chi connectivity index (χ0) is 19.4. The Morgan fingerprint density at radius 3 is 2.37 bits per heavy atom. The van der Waals surface area contributed by atoms with Crippen molar-refractivity contribution < 1.29 is 23.9 Å². The summed E-state index contributed by atoms with van der Waals surface area (Å²) in [6.07, 6.45) is 9.49. The first kappa shape index (κ1) is 19.6. The van der Waals surface area contributed by atoms with Crippen LogP contribution in [0.5, 0.6) is 0 Å². The number of imide groups is 1. The third-order valence-corrected chi connectivity index (χ3v) is 5.82. The van der Waals surface area contributed by atoms with E-state index in [4.69, 9.17) is 4.74 Å². The summed E-state index contributed by atoms with van der Waals surface area (Å²) in [7, 11) is 0. The van der Waals surface area contributed by atoms with Crippen molar-refractivity contribution in [1.82, 2.24) is 15.5 Å². The Morgan fingerprint density at radius 1 is 1.11 bits per heavy atom. The molecule has 1 heterocycles. The van der Waals surface area contributed by atoms with Crippen LogP contribution in [0.25, 0.3) is 0 Å². The normalized spacial score (nSPS) is 26.9. The second-order valence-corrected chi connectivity index (χ2v) is 8.07. The minimum Gasteiger partial charge on any atom is -0.454 e. The summed E-state index contributed by atoms with van der Waals surface area (Å²) in [6.45, 7) is 0.835. The van der Waals surface area contributed by atoms with E-state index in [1.807, 2.05) is 0 Å². The summed E-state index contributed by atoms with van der Waals surface area (Å²) in [4.78, 5) is 49.4. The molecule has 27 heavy (non-hydrogen) atoms. The number of carbonyl (C=O) groups is 4. The second kappa shape index (κ2) is 8.27. The standard InChI is InChI=1S/C19H29N3O5/c1-19(13-9-10-13)17(25)22(18(26)21-19)11-16(24)27-12-15(23)20-14-7-5-3-2-4-6-8-14/h13-14H,2-12H2,1H3,(H,20,23)(H,21,26)/t19-/m0/s1. The molecule has 2 aliphatic carbocycles. The van der Waals surface area contributed by atoms with Gasteiger partial charge in [0.15, 0.2) is 6.61 Å². The predicted molar refractivity (Wildman–Crippen MR) is 96.6 cm³/mol. The fourth-order valence-electron chi connectivity index (χ4n) is 3.99. The van der Waals surface area contributed by atoms with Crippen LogP contribution in [0.3, 0.4) is 0 Å². The van der Waals surface area contributed by atoms with Gasteiger partial charge in [-0.25, -0.2) is 4.79 Å². The number of urea groups is 1. The van der Waals surface area contributed by atoms with Crippen LogP contribution in [-0.2, 0) is 19.1 Å². The van der Waals surface area contributed by atoms with E-state index >= 15 is 0 Å². The highest BCUT2D eigenvalue weighted by molar-refractivity contribution is 6.08. The fourth-order valence-corrected chi connectivity index (χ4v) is 3.99. The molecule has 0 bridgehead atoms. The van der Waals surface area contributed by atoms with Crippen LogP contribution in [0.15, 0.2) is 0 Å². The summed E-state index contributed by atoms with van der Waals surface area (Å²) < 4.78 is 4.98. The van der Waals surface area contributed by atoms with Crippen molar-refractivity contribution in [3.05, 3.63) is 0 Å². The van der Waals surface area contributed by atoms with Crippen molar-refractivity contribution in [2.75, 3.05) is 13.2 Å². The lowest BCUT2D eigenvalue weighted by Gasteiger charge is -2.21. The lowest BCUT2D eigenvalue weighted by atomic mass is 9.96. The van der Waals surface area contributed by atoms with Gasteiger partial charge in [-0.2, -0.15) is 0 Å². The van der Waals surface area contributed by atoms with E-state index in [0.29, 0.717) is 0 Å². The molecule has 150 valence electrons. The summed E-state index contributed by atoms with van der Waals surface area (Å²) in [6, 6.07) is -0.452. The topological polar surface area (TPSA) is 105 Å². The lowest BCUT2D eigenvalue weighted by Crippen LogP contribution is -2.46. The van der Waals surface area contributed by atoms with Crippen molar-refractivity contribution in [2.45, 2.75) is 76.3 Å². The largest absolute Gasteiger partial charge is 0.454 e. The molecule has 2 saturated carbocycles. The number of hydrogen-bond acceptors (Lipinski definition) is 5. The number of rotatable bonds is 6. The van der Waals surface area contributed by atoms with E-state index in [2.05, 4.69) is 10.6 Å². The average molecular weight is 379 g/mol. The maximum absolute atomic E-state index is 12.5. The van der Waals surface area contributed by atoms with E-state index in [-0.39, 0.29) is 17.9 Å². The monoisotopic (exact) mass is 379 g/mol. The Kier molecular flexibility index (Phi) is 6.01. The molecule has 3 fully saturated rings. The Balaban J connectivity index is 1.42. The van der Waals surface area contributed by atoms with Crippen LogP contribution in [0.1, 0.15) is 64.7 Å². The number of hydrogen-bond donors (Lipinski definition) is 2. The molecule has 4 amide bonds. The maximum Gasteiger partial charge on any atom is 0.326 e. The highest BCUT2D eigenvalue weighted by Gasteiger charge is 2.56. The molecule has 8 nitrogen and oxygen atoms in total. The predicted octanol–water partition coefficient (Wildman–Crippen LogP) is 1.48. The number of carbonyl (C=O) groups excluding carboxylic acids is 4. The molecular weight excluding hydrogens is 350 g/mol. The number of amides is 4. The van der Waals surface area contributed by atoms with E-state index in [9.17, 15) is 19.2 Å². The first-order chi connectivity index (χ1) is 12.9. The Hall–Kier alpha value is -2.12. The average Bonchev–Trinajstić information content (AvgIpc) is 3.42. The van der Waals surface area contributed by atoms with Gasteiger partial charge in [0.05, 0.1) is 0 Å². The Labute approximate surface area is 159 Å². The summed E-state index contributed by atoms with van der Waals surface area (Å²) in [5.74, 6) is -1.37. The van der Waals surface area contributed by atoms with Crippen molar-refractivity contribution >= 4 is 23.8 Å². The van der Waals surface area contributed by atoms with Gasteiger partial charge in [0.1, 0.15) is 12.1 Å². The quantitative estimate of drug-likeness (QED) is 0.537. The van der Waals surface area contributed by atoms with Gasteiger partial charge in [0.25, 0.3) is 11.8 Å². The Bertz CT molecular complexity index is 610. The van der Waals surface area contributed by atoms with Crippen molar-refractivity contribution in [3.63, 3.8) is 0 Å². The molecule has 0 radical (unpaired) electrons. The van der Waals surface area contributed by atoms with Gasteiger partial charge in [0.2, 0.25) is 0 Å². The van der Waals surface area contributed by atoms with Crippen molar-refractivity contribution in [3.8, 4) is 0 Å². The lowest BCUT2D eigenvalue weighted by molar-refractivity contribution is -0.151. The number of ether oxygens (including phenoxy) is 1. The smallest absolute Gasteiger partial charge is 0.326 e. The third-order valence-electron chi connectivity index (χ3n) is 5.82. The third kappa shape index (κ3) is 4.78. The van der Waals surface area contributed by atoms with Gasteiger partial charge in [-0.1, -0.05) is 32.1 Å². The van der Waals surface area contributed by atoms with Gasteiger partial charge >= 0.3 is 12.0 Å². The first-order valence-corrected chi connectivity index (χ1v) is 9.99. The fraction of sp³-hybridized carbons (Fsp3) is 0.789. The highest BCUT2D eigenvalue weighted by Crippen LogP contribution is 2.42. The molecule has 1 aliphatic heterocycles. The second-order valence-electron chi connectivity index (χ2n) is 8.07. The zero-order valence-corrected chi connectivity index (χ0v) is 15.9. The number of nitrogens with zero attached hydrogens (tertiary/aromatic N) is 1. The van der Waals surface area contributed by atoms with Gasteiger partial charge in [-0.3, -0.25) is 19.3 Å². The molecule has 8 heteroatoms. The molecule has 0 unspecified atom stereocenters. The van der Waals surface area contributed by atoms with Crippen LogP contribution in [0, 0.1) is 5.92 Å². The summed E-state index contributed by atoms with van der Waals surface area (Å²) in [5.41, 5.74) is -0.924. The molecule has 0 aromatic carbocycles. The number of nitrogens with one attached hydrogen (secondary N) is 2. The molecule has 0 spiro atoms. The van der Waals surface area contributed by atoms with Gasteiger partial charge in [0, 0.05) is 6.04 Å². The van der Waals surface area contributed by atoms with E-state index in [1.54, 1.807) is 6.92 Å². The molecule has 3 aliphatic rings. The van der Waals surface area contributed by atoms with Crippen molar-refractivity contribution in [2.24, 2.45) is 5.92 Å². The van der Waals surface area contributed by atoms with Crippen LogP contribution < -0.4 is 10.6 Å². The highest BCUT2D eigenvalue weighted by atomic mass is 16.5. The SMILES string of the molecule is C[C@@]1(C2CC2)NC(=O)N(CC(=O)OCC(=O)NC2CCCCCCC2)C1=O. The zero-order valence-electron chi connectivity index (χ0n) is 15.9. The number of esters is 1. The van der Waals surface area contributed by atoms with E-state index in [0.717, 1.165) is 43.4 Å². The summed E-state index contributed by atoms with van der Waals surface area (Å²) >= 11 is 0. The molecule has 1 atom stereocenters. The van der Waals surface area contributed by atoms with Crippen LogP contribution in [-0.4, -0.2) is 53.4 Å². The molecular formula is C19H29N3O5. The first-order valence-electron chi connectivity index (χ1n) is 9.99. The van der Waals surface area contributed by atoms with Crippen LogP contribution >= 0.6 is 0 Å². The molecule has 1 saturated heterocycles. The van der Waals surface area contributed by atoms with Crippen LogP contribution in [0.2, 0.25) is 0 Å². The minimum absolute atomic E-state index is 0.127. The van der Waals surface area contributed by atoms with Gasteiger partial charge in [-0.05, 0) is 38.5 Å². The van der Waals surface area contributed by atoms with Gasteiger partial charge in [-0.15, -0.1) is 0 Å². The summed E-state index contributed by atoms with van der Waals surface area (Å²) in [5, 5.41) is 5.59.